The lowest BCUT2D eigenvalue weighted by atomic mass is 10.2. The van der Waals surface area contributed by atoms with Crippen LogP contribution >= 0.6 is 24.8 Å². The summed E-state index contributed by atoms with van der Waals surface area (Å²) >= 11 is 0. The standard InChI is InChI=1S/C16H15N5.CH2N4.2ClH/c1-12-7-3-5-9-14(12)20-18-16(11-17)19-21(20)15-10-6-4-8-13(15)2;1-2-4-5-3-1;;/h3-10H,1-2H3,(H,18,19);1H,(H,2,3,4,5);2*1H. The smallest absolute Gasteiger partial charge is 0.247 e. The van der Waals surface area contributed by atoms with Crippen molar-refractivity contribution in [2.24, 2.45) is 5.10 Å². The fraction of sp³-hybridized carbons (Fsp3) is 0.118. The summed E-state index contributed by atoms with van der Waals surface area (Å²) in [5.74, 6) is 0.265. The van der Waals surface area contributed by atoms with E-state index >= 15 is 0 Å². The number of hydrazine groups is 2. The lowest BCUT2D eigenvalue weighted by Gasteiger charge is -2.29. The molecule has 2 heterocycles. The van der Waals surface area contributed by atoms with E-state index in [0.29, 0.717) is 0 Å². The van der Waals surface area contributed by atoms with Crippen LogP contribution in [0.4, 0.5) is 11.4 Å². The van der Waals surface area contributed by atoms with Gasteiger partial charge in [-0.15, -0.1) is 45.2 Å². The van der Waals surface area contributed by atoms with Gasteiger partial charge in [-0.2, -0.15) is 15.6 Å². The second-order valence-electron chi connectivity index (χ2n) is 5.41. The minimum atomic E-state index is 0. The largest absolute Gasteiger partial charge is 0.250 e. The maximum absolute atomic E-state index is 9.14. The quantitative estimate of drug-likeness (QED) is 0.656. The first-order valence-electron chi connectivity index (χ1n) is 7.84. The monoisotopic (exact) mass is 419 g/mol. The van der Waals surface area contributed by atoms with Gasteiger partial charge in [0.1, 0.15) is 6.07 Å². The Kier molecular flexibility index (Phi) is 8.68. The predicted octanol–water partition coefficient (Wildman–Crippen LogP) is 2.93. The van der Waals surface area contributed by atoms with Crippen LogP contribution < -0.4 is 15.7 Å². The normalized spacial score (nSPS) is 11.7. The van der Waals surface area contributed by atoms with Crippen LogP contribution in [0.2, 0.25) is 0 Å². The number of anilines is 2. The Morgan fingerprint density at radius 1 is 0.929 bits per heavy atom. The second kappa shape index (κ2) is 10.7. The summed E-state index contributed by atoms with van der Waals surface area (Å²) in [6.45, 7) is 4.04. The van der Waals surface area contributed by atoms with Gasteiger partial charge in [-0.3, -0.25) is 5.43 Å². The molecule has 0 saturated carbocycles. The zero-order valence-electron chi connectivity index (χ0n) is 15.1. The molecule has 0 spiro atoms. The van der Waals surface area contributed by atoms with Crippen molar-refractivity contribution >= 4 is 42.0 Å². The number of aromatic nitrogens is 4. The molecule has 11 heteroatoms. The first-order valence-corrected chi connectivity index (χ1v) is 7.84. The van der Waals surface area contributed by atoms with E-state index in [-0.39, 0.29) is 30.6 Å². The Morgan fingerprint density at radius 3 is 2.00 bits per heavy atom. The molecule has 146 valence electrons. The van der Waals surface area contributed by atoms with E-state index in [9.17, 15) is 0 Å². The highest BCUT2D eigenvalue weighted by molar-refractivity contribution is 6.00. The summed E-state index contributed by atoms with van der Waals surface area (Å²) in [4.78, 5) is 0. The highest BCUT2D eigenvalue weighted by Gasteiger charge is 2.27. The third kappa shape index (κ3) is 5.09. The van der Waals surface area contributed by atoms with Crippen LogP contribution in [0, 0.1) is 25.2 Å². The van der Waals surface area contributed by atoms with Gasteiger partial charge in [-0.25, -0.2) is 0 Å². The number of aryl methyl sites for hydroxylation is 2. The highest BCUT2D eigenvalue weighted by Crippen LogP contribution is 2.28. The van der Waals surface area contributed by atoms with E-state index in [1.165, 1.54) is 6.33 Å². The second-order valence-corrected chi connectivity index (χ2v) is 5.41. The summed E-state index contributed by atoms with van der Waals surface area (Å²) in [5, 5.41) is 29.2. The summed E-state index contributed by atoms with van der Waals surface area (Å²) in [7, 11) is 0. The number of hydrazone groups is 1. The Bertz CT molecular complexity index is 921. The van der Waals surface area contributed by atoms with Crippen molar-refractivity contribution in [3.63, 3.8) is 0 Å². The molecule has 1 aromatic heterocycles. The van der Waals surface area contributed by atoms with E-state index < -0.39 is 0 Å². The number of amidine groups is 1. The van der Waals surface area contributed by atoms with Gasteiger partial charge in [-0.1, -0.05) is 41.6 Å². The minimum absolute atomic E-state index is 0. The topological polar surface area (TPSA) is 109 Å². The van der Waals surface area contributed by atoms with E-state index in [2.05, 4.69) is 37.2 Å². The fourth-order valence-corrected chi connectivity index (χ4v) is 2.40. The maximum atomic E-state index is 9.14. The molecule has 0 bridgehead atoms. The van der Waals surface area contributed by atoms with Gasteiger partial charge >= 0.3 is 0 Å². The minimum Gasteiger partial charge on any atom is -0.250 e. The lowest BCUT2D eigenvalue weighted by molar-refractivity contribution is 0.765. The van der Waals surface area contributed by atoms with Gasteiger partial charge in [-0.05, 0) is 37.1 Å². The molecule has 1 aliphatic heterocycles. The van der Waals surface area contributed by atoms with Crippen LogP contribution in [0.5, 0.6) is 0 Å². The van der Waals surface area contributed by atoms with Gasteiger partial charge < -0.3 is 0 Å². The van der Waals surface area contributed by atoms with Gasteiger partial charge in [0.05, 0.1) is 11.4 Å². The fourth-order valence-electron chi connectivity index (χ4n) is 2.40. The SMILES string of the molecule is Cc1ccccc1N1N=C(C#N)NN1c1ccccc1C.Cl.Cl.c1nn[nH]n1. The molecule has 1 aliphatic rings. The number of rotatable bonds is 2. The van der Waals surface area contributed by atoms with Crippen molar-refractivity contribution in [2.75, 3.05) is 10.2 Å². The number of aromatic amines is 1. The van der Waals surface area contributed by atoms with Crippen molar-refractivity contribution in [1.82, 2.24) is 26.0 Å². The van der Waals surface area contributed by atoms with E-state index in [1.54, 1.807) is 10.2 Å². The molecule has 2 aromatic carbocycles. The van der Waals surface area contributed by atoms with Gasteiger partial charge in [0.15, 0.2) is 6.33 Å². The highest BCUT2D eigenvalue weighted by atomic mass is 35.5. The number of nitrogens with one attached hydrogen (secondary N) is 2. The average Bonchev–Trinajstić information content (AvgIpc) is 3.36. The number of halogens is 2. The van der Waals surface area contributed by atoms with Crippen LogP contribution in [0.3, 0.4) is 0 Å². The summed E-state index contributed by atoms with van der Waals surface area (Å²) in [6.07, 6.45) is 1.33. The van der Waals surface area contributed by atoms with Crippen molar-refractivity contribution in [3.8, 4) is 6.07 Å². The molecule has 0 saturated heterocycles. The van der Waals surface area contributed by atoms with E-state index in [4.69, 9.17) is 5.26 Å². The zero-order chi connectivity index (χ0) is 18.4. The average molecular weight is 420 g/mol. The third-order valence-electron chi connectivity index (χ3n) is 3.65. The summed E-state index contributed by atoms with van der Waals surface area (Å²) in [6, 6.07) is 18.0. The molecule has 0 aliphatic carbocycles. The Hall–Kier alpha value is -3.35. The van der Waals surface area contributed by atoms with Gasteiger partial charge in [0.25, 0.3) is 0 Å². The molecular weight excluding hydrogens is 401 g/mol. The Labute approximate surface area is 174 Å². The van der Waals surface area contributed by atoms with Crippen LogP contribution in [0.25, 0.3) is 0 Å². The number of nitrogens with zero attached hydrogens (tertiary/aromatic N) is 7. The van der Waals surface area contributed by atoms with Crippen LogP contribution in [0.15, 0.2) is 60.0 Å². The maximum Gasteiger partial charge on any atom is 0.247 e. The number of tetrazole rings is 1. The number of H-pyrrole nitrogens is 1. The zero-order valence-corrected chi connectivity index (χ0v) is 16.8. The van der Waals surface area contributed by atoms with Crippen LogP contribution in [-0.4, -0.2) is 26.5 Å². The molecule has 0 fully saturated rings. The number of nitriles is 1. The lowest BCUT2D eigenvalue weighted by Crippen LogP contribution is -2.45. The molecular formula is C17H19Cl2N9. The van der Waals surface area contributed by atoms with E-state index in [1.807, 2.05) is 62.4 Å². The van der Waals surface area contributed by atoms with Crippen LogP contribution in [-0.2, 0) is 0 Å². The van der Waals surface area contributed by atoms with E-state index in [0.717, 1.165) is 22.5 Å². The Balaban J connectivity index is 0.000000490. The molecule has 4 rings (SSSR count). The summed E-state index contributed by atoms with van der Waals surface area (Å²) in [5.41, 5.74) is 7.08. The van der Waals surface area contributed by atoms with Gasteiger partial charge in [0, 0.05) is 0 Å². The predicted molar refractivity (Wildman–Crippen MR) is 112 cm³/mol. The number of hydrogen-bond acceptors (Lipinski definition) is 8. The third-order valence-corrected chi connectivity index (χ3v) is 3.65. The number of benzene rings is 2. The van der Waals surface area contributed by atoms with Gasteiger partial charge in [0.2, 0.25) is 5.84 Å². The van der Waals surface area contributed by atoms with Crippen molar-refractivity contribution < 1.29 is 0 Å². The summed E-state index contributed by atoms with van der Waals surface area (Å²) < 4.78 is 0. The number of hydrogen-bond donors (Lipinski definition) is 2. The molecule has 2 N–H and O–H groups in total. The van der Waals surface area contributed by atoms with Crippen molar-refractivity contribution in [3.05, 3.63) is 66.0 Å². The first-order chi connectivity index (χ1) is 12.7. The molecule has 0 amide bonds. The molecule has 3 aromatic rings. The van der Waals surface area contributed by atoms with Crippen molar-refractivity contribution in [1.29, 1.82) is 5.26 Å². The number of para-hydroxylation sites is 2. The molecule has 0 unspecified atom stereocenters. The van der Waals surface area contributed by atoms with Crippen molar-refractivity contribution in [2.45, 2.75) is 13.8 Å². The first kappa shape index (κ1) is 22.7. The molecule has 9 nitrogen and oxygen atoms in total. The Morgan fingerprint density at radius 2 is 1.54 bits per heavy atom. The van der Waals surface area contributed by atoms with Crippen LogP contribution in [0.1, 0.15) is 11.1 Å². The molecule has 28 heavy (non-hydrogen) atoms. The molecule has 0 radical (unpaired) electrons. The molecule has 0 atom stereocenters.